The second-order valence-corrected chi connectivity index (χ2v) is 4.12. The van der Waals surface area contributed by atoms with Crippen molar-refractivity contribution in [1.29, 1.82) is 0 Å². The molecule has 1 amide bonds. The van der Waals surface area contributed by atoms with Crippen molar-refractivity contribution in [3.8, 4) is 0 Å². The third-order valence-corrected chi connectivity index (χ3v) is 2.47. The molecule has 1 unspecified atom stereocenters. The molecule has 0 aliphatic rings. The highest BCUT2D eigenvalue weighted by Gasteiger charge is 2.03. The lowest BCUT2D eigenvalue weighted by atomic mass is 10.3. The highest BCUT2D eigenvalue weighted by atomic mass is 32.2. The third-order valence-electron chi connectivity index (χ3n) is 1.73. The Balaban J connectivity index is 2.77. The van der Waals surface area contributed by atoms with Crippen molar-refractivity contribution >= 4 is 22.6 Å². The maximum Gasteiger partial charge on any atom is 0.250 e. The zero-order valence-corrected chi connectivity index (χ0v) is 9.14. The van der Waals surface area contributed by atoms with Gasteiger partial charge in [0, 0.05) is 11.3 Å². The summed E-state index contributed by atoms with van der Waals surface area (Å²) in [6.45, 7) is 5.14. The van der Waals surface area contributed by atoms with Crippen LogP contribution in [0.3, 0.4) is 0 Å². The maximum atomic E-state index is 11.2. The number of nitrogens with two attached hydrogens (primary N) is 1. The van der Waals surface area contributed by atoms with Crippen LogP contribution in [0, 0.1) is 0 Å². The number of carbonyl (C=O) groups excluding carboxylic acids is 1. The molecule has 1 aromatic rings. The number of hydrogen-bond donors (Lipinski definition) is 2. The first-order valence-electron chi connectivity index (χ1n) is 4.24. The van der Waals surface area contributed by atoms with Gasteiger partial charge < -0.3 is 5.32 Å². The highest BCUT2D eigenvalue weighted by molar-refractivity contribution is 7.82. The van der Waals surface area contributed by atoms with Crippen LogP contribution in [0.2, 0.25) is 0 Å². The molecule has 0 saturated heterocycles. The minimum absolute atomic E-state index is 0.239. The molecule has 0 aromatic heterocycles. The van der Waals surface area contributed by atoms with E-state index in [9.17, 15) is 9.00 Å². The van der Waals surface area contributed by atoms with E-state index in [4.69, 9.17) is 5.14 Å². The molecule has 0 radical (unpaired) electrons. The molecule has 3 N–H and O–H groups in total. The molecule has 1 aromatic carbocycles. The Bertz CT molecular complexity index is 412. The average molecular weight is 224 g/mol. The van der Waals surface area contributed by atoms with Gasteiger partial charge in [0.05, 0.1) is 4.90 Å². The van der Waals surface area contributed by atoms with Gasteiger partial charge in [-0.05, 0) is 31.2 Å². The number of hydrogen-bond acceptors (Lipinski definition) is 2. The van der Waals surface area contributed by atoms with Gasteiger partial charge in [-0.2, -0.15) is 0 Å². The van der Waals surface area contributed by atoms with Crippen molar-refractivity contribution in [2.45, 2.75) is 11.8 Å². The monoisotopic (exact) mass is 224 g/mol. The van der Waals surface area contributed by atoms with Crippen LogP contribution in [0.15, 0.2) is 41.3 Å². The summed E-state index contributed by atoms with van der Waals surface area (Å²) in [5.41, 5.74) is 1.05. The predicted molar refractivity (Wildman–Crippen MR) is 60.5 cm³/mol. The lowest BCUT2D eigenvalue weighted by Gasteiger charge is -2.04. The first kappa shape index (κ1) is 11.6. The van der Waals surface area contributed by atoms with Crippen LogP contribution >= 0.6 is 0 Å². The van der Waals surface area contributed by atoms with E-state index in [1.165, 1.54) is 0 Å². The third kappa shape index (κ3) is 3.30. The number of rotatable bonds is 3. The van der Waals surface area contributed by atoms with Crippen molar-refractivity contribution in [2.75, 3.05) is 5.32 Å². The molecular weight excluding hydrogens is 212 g/mol. The number of nitrogens with one attached hydrogen (secondary N) is 1. The van der Waals surface area contributed by atoms with E-state index < -0.39 is 11.0 Å². The minimum Gasteiger partial charge on any atom is -0.322 e. The predicted octanol–water partition coefficient (Wildman–Crippen LogP) is 1.18. The fourth-order valence-electron chi connectivity index (χ4n) is 0.910. The summed E-state index contributed by atoms with van der Waals surface area (Å²) < 4.78 is 10.9. The van der Waals surface area contributed by atoms with Gasteiger partial charge in [-0.25, -0.2) is 9.35 Å². The van der Waals surface area contributed by atoms with Crippen molar-refractivity contribution in [1.82, 2.24) is 0 Å². The van der Waals surface area contributed by atoms with E-state index in [1.54, 1.807) is 31.2 Å². The van der Waals surface area contributed by atoms with Gasteiger partial charge in [-0.3, -0.25) is 4.79 Å². The number of benzene rings is 1. The van der Waals surface area contributed by atoms with Gasteiger partial charge in [0.15, 0.2) is 0 Å². The van der Waals surface area contributed by atoms with E-state index in [0.717, 1.165) is 0 Å². The van der Waals surface area contributed by atoms with E-state index in [-0.39, 0.29) is 5.91 Å². The van der Waals surface area contributed by atoms with Gasteiger partial charge in [-0.15, -0.1) is 0 Å². The molecule has 0 aliphatic heterocycles. The van der Waals surface area contributed by atoms with Crippen LogP contribution < -0.4 is 10.5 Å². The summed E-state index contributed by atoms with van der Waals surface area (Å²) in [6, 6.07) is 6.48. The quantitative estimate of drug-likeness (QED) is 0.757. The second kappa shape index (κ2) is 4.86. The first-order valence-corrected chi connectivity index (χ1v) is 5.45. The van der Waals surface area contributed by atoms with E-state index in [2.05, 4.69) is 11.9 Å². The van der Waals surface area contributed by atoms with Crippen LogP contribution in [-0.2, 0) is 15.8 Å². The summed E-state index contributed by atoms with van der Waals surface area (Å²) in [5, 5.41) is 7.81. The van der Waals surface area contributed by atoms with Gasteiger partial charge in [0.1, 0.15) is 11.0 Å². The Morgan fingerprint density at radius 1 is 1.40 bits per heavy atom. The summed E-state index contributed by atoms with van der Waals surface area (Å²) in [4.78, 5) is 11.8. The Morgan fingerprint density at radius 2 is 1.93 bits per heavy atom. The maximum absolute atomic E-state index is 11.2. The molecule has 0 heterocycles. The van der Waals surface area contributed by atoms with Gasteiger partial charge >= 0.3 is 0 Å². The van der Waals surface area contributed by atoms with Crippen molar-refractivity contribution in [3.05, 3.63) is 36.4 Å². The number of anilines is 1. The van der Waals surface area contributed by atoms with Gasteiger partial charge in [0.2, 0.25) is 0 Å². The fraction of sp³-hybridized carbons (Fsp3) is 0.100. The zero-order valence-electron chi connectivity index (χ0n) is 8.32. The SMILES string of the molecule is C=C(C)C(=O)Nc1ccc(S(N)=O)cc1. The summed E-state index contributed by atoms with van der Waals surface area (Å²) in [5.74, 6) is -0.239. The highest BCUT2D eigenvalue weighted by Crippen LogP contribution is 2.11. The number of amides is 1. The van der Waals surface area contributed by atoms with Crippen molar-refractivity contribution in [2.24, 2.45) is 5.14 Å². The lowest BCUT2D eigenvalue weighted by Crippen LogP contribution is -2.11. The van der Waals surface area contributed by atoms with Crippen LogP contribution in [0.5, 0.6) is 0 Å². The fourth-order valence-corrected chi connectivity index (χ4v) is 1.31. The number of carbonyl (C=O) groups is 1. The van der Waals surface area contributed by atoms with Crippen LogP contribution in [-0.4, -0.2) is 10.1 Å². The molecule has 1 atom stereocenters. The second-order valence-electron chi connectivity index (χ2n) is 3.06. The standard InChI is InChI=1S/C10H12N2O2S/c1-7(2)10(13)12-8-3-5-9(6-4-8)15(11)14/h3-6H,1,11H2,2H3,(H,12,13). The molecule has 0 aliphatic carbocycles. The Hall–Kier alpha value is -1.46. The molecule has 0 saturated carbocycles. The lowest BCUT2D eigenvalue weighted by molar-refractivity contribution is -0.112. The van der Waals surface area contributed by atoms with Gasteiger partial charge in [-0.1, -0.05) is 6.58 Å². The summed E-state index contributed by atoms with van der Waals surface area (Å²) >= 11 is 0. The topological polar surface area (TPSA) is 72.2 Å². The molecule has 5 heteroatoms. The van der Waals surface area contributed by atoms with Crippen LogP contribution in [0.1, 0.15) is 6.92 Å². The zero-order chi connectivity index (χ0) is 11.4. The molecule has 80 valence electrons. The normalized spacial score (nSPS) is 11.9. The van der Waals surface area contributed by atoms with E-state index in [1.807, 2.05) is 0 Å². The minimum atomic E-state index is -1.49. The first-order chi connectivity index (χ1) is 7.00. The molecule has 15 heavy (non-hydrogen) atoms. The Labute approximate surface area is 90.8 Å². The van der Waals surface area contributed by atoms with Crippen LogP contribution in [0.25, 0.3) is 0 Å². The molecular formula is C10H12N2O2S. The Kier molecular flexibility index (Phi) is 3.76. The molecule has 4 nitrogen and oxygen atoms in total. The smallest absolute Gasteiger partial charge is 0.250 e. The van der Waals surface area contributed by atoms with Crippen molar-refractivity contribution < 1.29 is 9.00 Å². The Morgan fingerprint density at radius 3 is 2.33 bits per heavy atom. The van der Waals surface area contributed by atoms with Crippen LogP contribution in [0.4, 0.5) is 5.69 Å². The molecule has 0 spiro atoms. The van der Waals surface area contributed by atoms with Crippen molar-refractivity contribution in [3.63, 3.8) is 0 Å². The average Bonchev–Trinajstić information content (AvgIpc) is 2.18. The largest absolute Gasteiger partial charge is 0.322 e. The summed E-state index contributed by atoms with van der Waals surface area (Å²) in [7, 11) is -1.49. The molecule has 0 bridgehead atoms. The van der Waals surface area contributed by atoms with E-state index >= 15 is 0 Å². The molecule has 0 fully saturated rings. The van der Waals surface area contributed by atoms with E-state index in [0.29, 0.717) is 16.2 Å². The summed E-state index contributed by atoms with van der Waals surface area (Å²) in [6.07, 6.45) is 0. The molecule has 1 rings (SSSR count). The van der Waals surface area contributed by atoms with Gasteiger partial charge in [0.25, 0.3) is 5.91 Å².